The molecule has 1 atom stereocenters. The molecule has 0 saturated heterocycles. The minimum absolute atomic E-state index is 0.0304. The first-order chi connectivity index (χ1) is 13.5. The molecule has 0 spiro atoms. The number of amides is 2. The number of nitrogens with zero attached hydrogens (tertiary/aromatic N) is 2. The van der Waals surface area contributed by atoms with E-state index < -0.39 is 26.1 Å². The molecule has 176 valence electrons. The van der Waals surface area contributed by atoms with E-state index in [1.807, 2.05) is 40.7 Å². The van der Waals surface area contributed by atoms with E-state index in [0.29, 0.717) is 6.61 Å². The van der Waals surface area contributed by atoms with Crippen LogP contribution in [0.4, 0.5) is 4.79 Å². The minimum Gasteiger partial charge on any atom is -0.444 e. The van der Waals surface area contributed by atoms with Crippen molar-refractivity contribution < 1.29 is 23.6 Å². The van der Waals surface area contributed by atoms with Crippen molar-refractivity contribution in [3.8, 4) is 0 Å². The van der Waals surface area contributed by atoms with Gasteiger partial charge in [-0.05, 0) is 57.8 Å². The molecular formula is C22H44N2O5Si. The molecule has 1 unspecified atom stereocenters. The summed E-state index contributed by atoms with van der Waals surface area (Å²) in [4.78, 5) is 32.2. The average molecular weight is 445 g/mol. The van der Waals surface area contributed by atoms with Gasteiger partial charge in [0.25, 0.3) is 5.91 Å². The number of carbonyl (C=O) groups is 2. The van der Waals surface area contributed by atoms with Gasteiger partial charge in [0.1, 0.15) is 12.1 Å². The number of hydroxylamine groups is 2. The van der Waals surface area contributed by atoms with E-state index in [1.165, 1.54) is 19.1 Å². The number of ether oxygens (including phenoxy) is 1. The van der Waals surface area contributed by atoms with Crippen molar-refractivity contribution in [2.24, 2.45) is 0 Å². The summed E-state index contributed by atoms with van der Waals surface area (Å²) in [5.74, 6) is -0.341. The minimum atomic E-state index is -2.06. The molecule has 0 aromatic heterocycles. The van der Waals surface area contributed by atoms with Crippen LogP contribution in [-0.2, 0) is 18.8 Å². The SMILES string of the molecule is C/C=C(\CC)C(CO[Si](C)(C)C(C)(C)C)N(CC(=O)N(C)OC)C(=O)OC(C)(C)C. The van der Waals surface area contributed by atoms with Gasteiger partial charge < -0.3 is 9.16 Å². The fourth-order valence-electron chi connectivity index (χ4n) is 2.50. The molecule has 0 aliphatic heterocycles. The van der Waals surface area contributed by atoms with E-state index in [1.54, 1.807) is 0 Å². The Balaban J connectivity index is 6.06. The van der Waals surface area contributed by atoms with Crippen LogP contribution in [-0.4, -0.2) is 69.2 Å². The molecule has 2 amide bonds. The van der Waals surface area contributed by atoms with E-state index in [9.17, 15) is 9.59 Å². The molecule has 0 aromatic rings. The summed E-state index contributed by atoms with van der Waals surface area (Å²) in [6.45, 7) is 20.4. The zero-order valence-corrected chi connectivity index (χ0v) is 22.2. The zero-order valence-electron chi connectivity index (χ0n) is 21.2. The fourth-order valence-corrected chi connectivity index (χ4v) is 3.51. The van der Waals surface area contributed by atoms with E-state index in [2.05, 4.69) is 33.9 Å². The molecular weight excluding hydrogens is 400 g/mol. The summed E-state index contributed by atoms with van der Waals surface area (Å²) >= 11 is 0. The number of likely N-dealkylation sites (N-methyl/N-ethyl adjacent to an activating group) is 1. The fraction of sp³-hybridized carbons (Fsp3) is 0.818. The average Bonchev–Trinajstić information content (AvgIpc) is 2.60. The highest BCUT2D eigenvalue weighted by molar-refractivity contribution is 6.74. The highest BCUT2D eigenvalue weighted by Crippen LogP contribution is 2.37. The van der Waals surface area contributed by atoms with Crippen molar-refractivity contribution in [1.29, 1.82) is 0 Å². The highest BCUT2D eigenvalue weighted by atomic mass is 28.4. The summed E-state index contributed by atoms with van der Waals surface area (Å²) in [6, 6.07) is -0.404. The maximum absolute atomic E-state index is 13.1. The van der Waals surface area contributed by atoms with Crippen LogP contribution in [0.5, 0.6) is 0 Å². The summed E-state index contributed by atoms with van der Waals surface area (Å²) in [7, 11) is 0.874. The quantitative estimate of drug-likeness (QED) is 0.285. The lowest BCUT2D eigenvalue weighted by Gasteiger charge is -2.40. The Hall–Kier alpha value is -1.38. The van der Waals surface area contributed by atoms with E-state index in [4.69, 9.17) is 14.0 Å². The van der Waals surface area contributed by atoms with Gasteiger partial charge in [-0.1, -0.05) is 33.8 Å². The second kappa shape index (κ2) is 11.3. The van der Waals surface area contributed by atoms with Crippen molar-refractivity contribution in [3.05, 3.63) is 11.6 Å². The molecule has 0 aromatic carbocycles. The molecule has 8 heteroatoms. The van der Waals surface area contributed by atoms with Gasteiger partial charge in [-0.2, -0.15) is 0 Å². The third-order valence-electron chi connectivity index (χ3n) is 5.55. The monoisotopic (exact) mass is 444 g/mol. The first-order valence-electron chi connectivity index (χ1n) is 10.6. The third kappa shape index (κ3) is 8.77. The Morgan fingerprint density at radius 1 is 1.10 bits per heavy atom. The maximum Gasteiger partial charge on any atom is 0.411 e. The van der Waals surface area contributed by atoms with Crippen molar-refractivity contribution in [2.45, 2.75) is 91.6 Å². The van der Waals surface area contributed by atoms with Crippen LogP contribution in [0.15, 0.2) is 11.6 Å². The number of hydrogen-bond acceptors (Lipinski definition) is 5. The Labute approximate surface area is 184 Å². The molecule has 0 aliphatic rings. The van der Waals surface area contributed by atoms with Gasteiger partial charge in [-0.3, -0.25) is 14.5 Å². The largest absolute Gasteiger partial charge is 0.444 e. The predicted molar refractivity (Wildman–Crippen MR) is 124 cm³/mol. The molecule has 0 N–H and O–H groups in total. The Morgan fingerprint density at radius 2 is 1.63 bits per heavy atom. The van der Waals surface area contributed by atoms with E-state index in [-0.39, 0.29) is 17.5 Å². The number of allylic oxidation sites excluding steroid dienone is 1. The van der Waals surface area contributed by atoms with Crippen LogP contribution < -0.4 is 0 Å². The molecule has 0 rings (SSSR count). The van der Waals surface area contributed by atoms with Crippen LogP contribution >= 0.6 is 0 Å². The van der Waals surface area contributed by atoms with Gasteiger partial charge in [-0.15, -0.1) is 0 Å². The van der Waals surface area contributed by atoms with Crippen LogP contribution in [0.25, 0.3) is 0 Å². The number of rotatable bonds is 9. The van der Waals surface area contributed by atoms with Gasteiger partial charge >= 0.3 is 6.09 Å². The Kier molecular flexibility index (Phi) is 10.8. The molecule has 0 saturated carbocycles. The Morgan fingerprint density at radius 3 is 2.00 bits per heavy atom. The zero-order chi connectivity index (χ0) is 23.9. The lowest BCUT2D eigenvalue weighted by molar-refractivity contribution is -0.170. The molecule has 0 fully saturated rings. The summed E-state index contributed by atoms with van der Waals surface area (Å²) in [5.41, 5.74) is 0.339. The molecule has 30 heavy (non-hydrogen) atoms. The summed E-state index contributed by atoms with van der Waals surface area (Å²) in [6.07, 6.45) is 2.17. The first-order valence-corrected chi connectivity index (χ1v) is 13.5. The van der Waals surface area contributed by atoms with Crippen molar-refractivity contribution in [1.82, 2.24) is 9.96 Å². The molecule has 0 bridgehead atoms. The lowest BCUT2D eigenvalue weighted by Crippen LogP contribution is -2.52. The van der Waals surface area contributed by atoms with Crippen LogP contribution in [0.3, 0.4) is 0 Å². The predicted octanol–water partition coefficient (Wildman–Crippen LogP) is 4.99. The number of carbonyl (C=O) groups excluding carboxylic acids is 2. The number of hydrogen-bond donors (Lipinski definition) is 0. The lowest BCUT2D eigenvalue weighted by atomic mass is 10.0. The topological polar surface area (TPSA) is 68.3 Å². The second-order valence-corrected chi connectivity index (χ2v) is 14.8. The maximum atomic E-state index is 13.1. The van der Waals surface area contributed by atoms with Crippen molar-refractivity contribution in [3.63, 3.8) is 0 Å². The normalized spacial score (nSPS) is 14.3. The van der Waals surface area contributed by atoms with E-state index >= 15 is 0 Å². The van der Waals surface area contributed by atoms with Gasteiger partial charge in [0.15, 0.2) is 8.32 Å². The van der Waals surface area contributed by atoms with Crippen LogP contribution in [0.2, 0.25) is 18.1 Å². The van der Waals surface area contributed by atoms with Gasteiger partial charge in [0.2, 0.25) is 0 Å². The Bertz CT molecular complexity index is 606. The first kappa shape index (κ1) is 28.6. The van der Waals surface area contributed by atoms with E-state index in [0.717, 1.165) is 17.1 Å². The van der Waals surface area contributed by atoms with Crippen LogP contribution in [0, 0.1) is 0 Å². The smallest absolute Gasteiger partial charge is 0.411 e. The van der Waals surface area contributed by atoms with Crippen molar-refractivity contribution in [2.75, 3.05) is 27.3 Å². The van der Waals surface area contributed by atoms with Crippen LogP contribution in [0.1, 0.15) is 61.8 Å². The molecule has 0 radical (unpaired) electrons. The molecule has 0 aliphatic carbocycles. The van der Waals surface area contributed by atoms with Gasteiger partial charge in [-0.25, -0.2) is 9.86 Å². The summed E-state index contributed by atoms with van der Waals surface area (Å²) in [5, 5.41) is 1.15. The van der Waals surface area contributed by atoms with Gasteiger partial charge in [0.05, 0.1) is 19.8 Å². The van der Waals surface area contributed by atoms with Gasteiger partial charge in [0, 0.05) is 7.05 Å². The molecule has 7 nitrogen and oxygen atoms in total. The second-order valence-electron chi connectivity index (χ2n) is 9.99. The highest BCUT2D eigenvalue weighted by Gasteiger charge is 2.40. The standard InChI is InChI=1S/C22H44N2O5Si/c1-13-17(14-2)18(16-28-30(11,12)22(6,7)8)24(15-19(25)23(9)27-10)20(26)29-21(3,4)5/h13,18H,14-16H2,1-12H3/b17-13+. The van der Waals surface area contributed by atoms with Crippen molar-refractivity contribution >= 4 is 20.3 Å². The molecule has 0 heterocycles. The third-order valence-corrected chi connectivity index (χ3v) is 10.1. The summed E-state index contributed by atoms with van der Waals surface area (Å²) < 4.78 is 12.1.